The van der Waals surface area contributed by atoms with Crippen molar-refractivity contribution in [1.29, 1.82) is 0 Å². The predicted molar refractivity (Wildman–Crippen MR) is 85.3 cm³/mol. The number of aliphatic hydroxyl groups excluding tert-OH is 1. The summed E-state index contributed by atoms with van der Waals surface area (Å²) in [5, 5.41) is 10.2. The molecular weight excluding hydrogens is 264 g/mol. The molecule has 1 aliphatic carbocycles. The molecule has 1 unspecified atom stereocenters. The Hall–Kier alpha value is -1.10. The first-order valence-corrected chi connectivity index (χ1v) is 8.06. The number of hydrogen-bond acceptors (Lipinski definition) is 4. The van der Waals surface area contributed by atoms with E-state index in [0.717, 1.165) is 17.9 Å². The Balaban J connectivity index is 1.76. The van der Waals surface area contributed by atoms with Gasteiger partial charge in [0, 0.05) is 19.1 Å². The van der Waals surface area contributed by atoms with Crippen LogP contribution in [0.4, 0.5) is 0 Å². The van der Waals surface area contributed by atoms with Crippen LogP contribution in [0.25, 0.3) is 0 Å². The molecule has 0 aliphatic heterocycles. The SMILES string of the molecule is CCN(CC(O)COc1ccc(CN)cc1)C1CCCC1. The van der Waals surface area contributed by atoms with Crippen LogP contribution in [-0.4, -0.2) is 41.8 Å². The highest BCUT2D eigenvalue weighted by molar-refractivity contribution is 5.27. The van der Waals surface area contributed by atoms with E-state index in [-0.39, 0.29) is 0 Å². The number of likely N-dealkylation sites (N-methyl/N-ethyl adjacent to an activating group) is 1. The maximum absolute atomic E-state index is 10.2. The van der Waals surface area contributed by atoms with Gasteiger partial charge in [0.2, 0.25) is 0 Å². The van der Waals surface area contributed by atoms with E-state index in [4.69, 9.17) is 10.5 Å². The molecule has 4 heteroatoms. The highest BCUT2D eigenvalue weighted by Crippen LogP contribution is 2.23. The lowest BCUT2D eigenvalue weighted by Crippen LogP contribution is -2.41. The lowest BCUT2D eigenvalue weighted by atomic mass is 10.2. The highest BCUT2D eigenvalue weighted by atomic mass is 16.5. The first kappa shape index (κ1) is 16.3. The number of benzene rings is 1. The molecule has 0 saturated heterocycles. The van der Waals surface area contributed by atoms with Crippen LogP contribution in [-0.2, 0) is 6.54 Å². The average Bonchev–Trinajstić information content (AvgIpc) is 3.05. The Morgan fingerprint density at radius 3 is 2.52 bits per heavy atom. The lowest BCUT2D eigenvalue weighted by Gasteiger charge is -2.29. The zero-order chi connectivity index (χ0) is 15.1. The molecule has 0 aromatic heterocycles. The van der Waals surface area contributed by atoms with E-state index in [9.17, 15) is 5.11 Å². The maximum Gasteiger partial charge on any atom is 0.119 e. The molecule has 1 fully saturated rings. The third-order valence-electron chi connectivity index (χ3n) is 4.29. The predicted octanol–water partition coefficient (Wildman–Crippen LogP) is 2.15. The number of nitrogens with two attached hydrogens (primary N) is 1. The van der Waals surface area contributed by atoms with Crippen molar-refractivity contribution in [3.05, 3.63) is 29.8 Å². The van der Waals surface area contributed by atoms with Gasteiger partial charge < -0.3 is 15.6 Å². The largest absolute Gasteiger partial charge is 0.491 e. The molecule has 0 radical (unpaired) electrons. The van der Waals surface area contributed by atoms with Gasteiger partial charge >= 0.3 is 0 Å². The topological polar surface area (TPSA) is 58.7 Å². The molecule has 0 amide bonds. The molecule has 2 rings (SSSR count). The van der Waals surface area contributed by atoms with Crippen LogP contribution in [0.5, 0.6) is 5.75 Å². The Kier molecular flexibility index (Phi) is 6.49. The summed E-state index contributed by atoms with van der Waals surface area (Å²) in [5.74, 6) is 0.787. The Morgan fingerprint density at radius 1 is 1.29 bits per heavy atom. The molecule has 0 spiro atoms. The lowest BCUT2D eigenvalue weighted by molar-refractivity contribution is 0.0551. The zero-order valence-corrected chi connectivity index (χ0v) is 13.0. The molecule has 1 saturated carbocycles. The summed E-state index contributed by atoms with van der Waals surface area (Å²) in [4.78, 5) is 2.39. The third kappa shape index (κ3) is 4.99. The van der Waals surface area contributed by atoms with Crippen LogP contribution in [0.1, 0.15) is 38.2 Å². The minimum atomic E-state index is -0.445. The van der Waals surface area contributed by atoms with Crippen LogP contribution in [0.3, 0.4) is 0 Å². The maximum atomic E-state index is 10.2. The van der Waals surface area contributed by atoms with Gasteiger partial charge in [0.05, 0.1) is 0 Å². The number of nitrogens with zero attached hydrogens (tertiary/aromatic N) is 1. The normalized spacial score (nSPS) is 17.3. The summed E-state index contributed by atoms with van der Waals surface area (Å²) < 4.78 is 5.66. The van der Waals surface area contributed by atoms with Crippen LogP contribution in [0.15, 0.2) is 24.3 Å². The quantitative estimate of drug-likeness (QED) is 0.771. The van der Waals surface area contributed by atoms with Gasteiger partial charge in [0.1, 0.15) is 18.5 Å². The fourth-order valence-corrected chi connectivity index (χ4v) is 3.04. The van der Waals surface area contributed by atoms with E-state index < -0.39 is 6.10 Å². The van der Waals surface area contributed by atoms with Crippen molar-refractivity contribution in [1.82, 2.24) is 4.90 Å². The molecule has 1 aliphatic rings. The van der Waals surface area contributed by atoms with Crippen molar-refractivity contribution in [2.75, 3.05) is 19.7 Å². The second-order valence-electron chi connectivity index (χ2n) is 5.84. The first-order valence-electron chi connectivity index (χ1n) is 8.06. The summed E-state index contributed by atoms with van der Waals surface area (Å²) in [5.41, 5.74) is 6.65. The van der Waals surface area contributed by atoms with Gasteiger partial charge in [0.25, 0.3) is 0 Å². The van der Waals surface area contributed by atoms with E-state index >= 15 is 0 Å². The van der Waals surface area contributed by atoms with E-state index in [0.29, 0.717) is 25.7 Å². The van der Waals surface area contributed by atoms with Gasteiger partial charge in [-0.05, 0) is 37.1 Å². The highest BCUT2D eigenvalue weighted by Gasteiger charge is 2.23. The first-order chi connectivity index (χ1) is 10.2. The fourth-order valence-electron chi connectivity index (χ4n) is 3.04. The molecule has 0 heterocycles. The number of rotatable bonds is 8. The number of ether oxygens (including phenoxy) is 1. The Labute approximate surface area is 127 Å². The molecule has 4 nitrogen and oxygen atoms in total. The van der Waals surface area contributed by atoms with Crippen molar-refractivity contribution < 1.29 is 9.84 Å². The van der Waals surface area contributed by atoms with Crippen molar-refractivity contribution in [3.63, 3.8) is 0 Å². The number of hydrogen-bond donors (Lipinski definition) is 2. The fraction of sp³-hybridized carbons (Fsp3) is 0.647. The van der Waals surface area contributed by atoms with Crippen LogP contribution in [0, 0.1) is 0 Å². The summed E-state index contributed by atoms with van der Waals surface area (Å²) in [6.45, 7) is 4.73. The van der Waals surface area contributed by atoms with Gasteiger partial charge in [-0.15, -0.1) is 0 Å². The van der Waals surface area contributed by atoms with Crippen molar-refractivity contribution in [3.8, 4) is 5.75 Å². The molecule has 21 heavy (non-hydrogen) atoms. The molecule has 118 valence electrons. The smallest absolute Gasteiger partial charge is 0.119 e. The van der Waals surface area contributed by atoms with Crippen molar-refractivity contribution in [2.45, 2.75) is 51.3 Å². The van der Waals surface area contributed by atoms with Gasteiger partial charge in [0.15, 0.2) is 0 Å². The monoisotopic (exact) mass is 292 g/mol. The van der Waals surface area contributed by atoms with Gasteiger partial charge in [-0.1, -0.05) is 31.9 Å². The third-order valence-corrected chi connectivity index (χ3v) is 4.29. The van der Waals surface area contributed by atoms with Crippen LogP contribution >= 0.6 is 0 Å². The molecule has 0 bridgehead atoms. The standard InChI is InChI=1S/C17H28N2O2/c1-2-19(15-5-3-4-6-15)12-16(20)13-21-17-9-7-14(11-18)8-10-17/h7-10,15-16,20H,2-6,11-13,18H2,1H3. The minimum absolute atomic E-state index is 0.338. The number of aliphatic hydroxyl groups is 1. The summed E-state index contributed by atoms with van der Waals surface area (Å²) >= 11 is 0. The van der Waals surface area contributed by atoms with Crippen molar-refractivity contribution >= 4 is 0 Å². The van der Waals surface area contributed by atoms with Gasteiger partial charge in [-0.3, -0.25) is 4.90 Å². The minimum Gasteiger partial charge on any atom is -0.491 e. The summed E-state index contributed by atoms with van der Waals surface area (Å²) in [6, 6.07) is 8.37. The zero-order valence-electron chi connectivity index (χ0n) is 13.0. The van der Waals surface area contributed by atoms with Crippen molar-refractivity contribution in [2.24, 2.45) is 5.73 Å². The van der Waals surface area contributed by atoms with E-state index in [1.54, 1.807) is 0 Å². The van der Waals surface area contributed by atoms with Gasteiger partial charge in [-0.2, -0.15) is 0 Å². The van der Waals surface area contributed by atoms with Crippen LogP contribution in [0.2, 0.25) is 0 Å². The molecule has 1 aromatic rings. The molecule has 1 atom stereocenters. The Morgan fingerprint density at radius 2 is 1.95 bits per heavy atom. The molecule has 1 aromatic carbocycles. The molecule has 3 N–H and O–H groups in total. The summed E-state index contributed by atoms with van der Waals surface area (Å²) in [7, 11) is 0. The Bertz CT molecular complexity index is 402. The van der Waals surface area contributed by atoms with E-state index in [1.165, 1.54) is 25.7 Å². The van der Waals surface area contributed by atoms with Gasteiger partial charge in [-0.25, -0.2) is 0 Å². The average molecular weight is 292 g/mol. The second kappa shape index (κ2) is 8.37. The summed E-state index contributed by atoms with van der Waals surface area (Å²) in [6.07, 6.45) is 4.73. The van der Waals surface area contributed by atoms with Crippen LogP contribution < -0.4 is 10.5 Å². The van der Waals surface area contributed by atoms with E-state index in [1.807, 2.05) is 24.3 Å². The van der Waals surface area contributed by atoms with E-state index in [2.05, 4.69) is 11.8 Å². The second-order valence-corrected chi connectivity index (χ2v) is 5.84. The molecular formula is C17H28N2O2.